The van der Waals surface area contributed by atoms with Crippen molar-refractivity contribution in [3.63, 3.8) is 0 Å². The third kappa shape index (κ3) is 4.12. The van der Waals surface area contributed by atoms with Crippen molar-refractivity contribution >= 4 is 33.7 Å². The monoisotopic (exact) mass is 495 g/mol. The molecule has 6 rings (SSSR count). The molecule has 184 valence electrons. The van der Waals surface area contributed by atoms with E-state index in [1.165, 1.54) is 0 Å². The van der Waals surface area contributed by atoms with E-state index in [1.54, 1.807) is 49.3 Å². The number of benzene rings is 1. The van der Waals surface area contributed by atoms with Crippen LogP contribution in [0, 0.1) is 11.7 Å². The summed E-state index contributed by atoms with van der Waals surface area (Å²) in [5.41, 5.74) is 5.13. The molecule has 0 unspecified atom stereocenters. The second-order valence-electron chi connectivity index (χ2n) is 9.18. The molecule has 6 aromatic rings. The van der Waals surface area contributed by atoms with Crippen molar-refractivity contribution in [2.45, 2.75) is 20.3 Å². The zero-order valence-electron chi connectivity index (χ0n) is 20.0. The highest BCUT2D eigenvalue weighted by Crippen LogP contribution is 2.35. The molecule has 0 fully saturated rings. The molecule has 0 aliphatic rings. The highest BCUT2D eigenvalue weighted by molar-refractivity contribution is 5.98. The first-order valence-electron chi connectivity index (χ1n) is 11.8. The standard InChI is InChI=1S/C27H22FN7O2/c1-14(2)9-21(36)31-17-10-16(11-29-12-17)18-3-4-20-22(23(18)28)25(35-34-20)27-32-24-19(15-6-8-37-13-15)5-7-30-26(24)33-27/h3-8,10-14H,9H2,1-2H3,(H,31,36)(H,34,35)(H,30,32,33). The number of pyridine rings is 2. The first-order valence-corrected chi connectivity index (χ1v) is 11.8. The van der Waals surface area contributed by atoms with E-state index in [0.717, 1.165) is 11.1 Å². The largest absolute Gasteiger partial charge is 0.472 e. The van der Waals surface area contributed by atoms with Gasteiger partial charge in [0, 0.05) is 41.1 Å². The number of halogens is 1. The van der Waals surface area contributed by atoms with Crippen LogP contribution in [0.4, 0.5) is 10.1 Å². The summed E-state index contributed by atoms with van der Waals surface area (Å²) in [6.07, 6.45) is 8.38. The molecular formula is C27H22FN7O2. The lowest BCUT2D eigenvalue weighted by Crippen LogP contribution is -2.14. The summed E-state index contributed by atoms with van der Waals surface area (Å²) in [4.78, 5) is 28.6. The van der Waals surface area contributed by atoms with Gasteiger partial charge in [-0.1, -0.05) is 13.8 Å². The zero-order chi connectivity index (χ0) is 25.5. The van der Waals surface area contributed by atoms with Crippen LogP contribution in [0.5, 0.6) is 0 Å². The van der Waals surface area contributed by atoms with Gasteiger partial charge in [0.15, 0.2) is 11.5 Å². The number of nitrogens with one attached hydrogen (secondary N) is 3. The third-order valence-corrected chi connectivity index (χ3v) is 6.04. The number of H-pyrrole nitrogens is 2. The number of anilines is 1. The van der Waals surface area contributed by atoms with Crippen molar-refractivity contribution in [3.8, 4) is 33.8 Å². The van der Waals surface area contributed by atoms with Gasteiger partial charge in [0.05, 0.1) is 40.8 Å². The number of amides is 1. The fourth-order valence-corrected chi connectivity index (χ4v) is 4.39. The van der Waals surface area contributed by atoms with Crippen LogP contribution in [0.25, 0.3) is 55.8 Å². The molecule has 0 aliphatic carbocycles. The Morgan fingerprint density at radius 1 is 1.14 bits per heavy atom. The van der Waals surface area contributed by atoms with E-state index in [4.69, 9.17) is 4.42 Å². The number of imidazole rings is 1. The minimum atomic E-state index is -0.475. The average Bonchev–Trinajstić information content (AvgIpc) is 3.62. The van der Waals surface area contributed by atoms with Crippen LogP contribution in [0.2, 0.25) is 0 Å². The predicted molar refractivity (Wildman–Crippen MR) is 138 cm³/mol. The normalized spacial score (nSPS) is 11.6. The quantitative estimate of drug-likeness (QED) is 0.262. The number of hydrogen-bond acceptors (Lipinski definition) is 6. The Morgan fingerprint density at radius 3 is 2.84 bits per heavy atom. The molecule has 37 heavy (non-hydrogen) atoms. The molecule has 0 radical (unpaired) electrons. The first kappa shape index (κ1) is 22.6. The molecule has 3 N–H and O–H groups in total. The van der Waals surface area contributed by atoms with Gasteiger partial charge in [-0.2, -0.15) is 5.10 Å². The van der Waals surface area contributed by atoms with Crippen LogP contribution < -0.4 is 5.32 Å². The summed E-state index contributed by atoms with van der Waals surface area (Å²) in [5.74, 6) is 0.0146. The second-order valence-corrected chi connectivity index (χ2v) is 9.18. The Balaban J connectivity index is 1.42. The lowest BCUT2D eigenvalue weighted by Gasteiger charge is -2.09. The van der Waals surface area contributed by atoms with E-state index in [2.05, 4.69) is 35.5 Å². The van der Waals surface area contributed by atoms with Gasteiger partial charge in [-0.15, -0.1) is 0 Å². The number of aromatic amines is 2. The number of aromatic nitrogens is 6. The Morgan fingerprint density at radius 2 is 2.03 bits per heavy atom. The SMILES string of the molecule is CC(C)CC(=O)Nc1cncc(-c2ccc3[nH]nc(-c4nc5nccc(-c6ccoc6)c5[nH]4)c3c2F)c1. The average molecular weight is 496 g/mol. The maximum absolute atomic E-state index is 16.0. The molecule has 0 aliphatic heterocycles. The summed E-state index contributed by atoms with van der Waals surface area (Å²) >= 11 is 0. The molecule has 0 saturated heterocycles. The van der Waals surface area contributed by atoms with E-state index in [9.17, 15) is 4.79 Å². The molecule has 0 saturated carbocycles. The predicted octanol–water partition coefficient (Wildman–Crippen LogP) is 5.95. The Hall–Kier alpha value is -4.86. The number of rotatable bonds is 6. The molecule has 1 aromatic carbocycles. The number of carbonyl (C=O) groups excluding carboxylic acids is 1. The van der Waals surface area contributed by atoms with Gasteiger partial charge < -0.3 is 14.7 Å². The molecule has 10 heteroatoms. The van der Waals surface area contributed by atoms with E-state index >= 15 is 4.39 Å². The Labute approximate surface area is 210 Å². The number of nitrogens with zero attached hydrogens (tertiary/aromatic N) is 4. The van der Waals surface area contributed by atoms with E-state index in [-0.39, 0.29) is 17.2 Å². The van der Waals surface area contributed by atoms with Crippen molar-refractivity contribution in [2.24, 2.45) is 5.92 Å². The molecule has 1 amide bonds. The summed E-state index contributed by atoms with van der Waals surface area (Å²) in [5, 5.41) is 10.4. The summed E-state index contributed by atoms with van der Waals surface area (Å²) in [6, 6.07) is 8.83. The maximum atomic E-state index is 16.0. The summed E-state index contributed by atoms with van der Waals surface area (Å²) in [7, 11) is 0. The van der Waals surface area contributed by atoms with Crippen LogP contribution in [0.15, 0.2) is 65.9 Å². The lowest BCUT2D eigenvalue weighted by molar-refractivity contribution is -0.116. The van der Waals surface area contributed by atoms with Gasteiger partial charge in [0.2, 0.25) is 5.91 Å². The smallest absolute Gasteiger partial charge is 0.224 e. The van der Waals surface area contributed by atoms with Gasteiger partial charge in [-0.3, -0.25) is 14.9 Å². The van der Waals surface area contributed by atoms with Crippen LogP contribution in [0.3, 0.4) is 0 Å². The summed E-state index contributed by atoms with van der Waals surface area (Å²) < 4.78 is 21.2. The zero-order valence-corrected chi connectivity index (χ0v) is 20.0. The number of carbonyl (C=O) groups is 1. The van der Waals surface area contributed by atoms with Crippen LogP contribution in [-0.4, -0.2) is 36.0 Å². The minimum Gasteiger partial charge on any atom is -0.472 e. The van der Waals surface area contributed by atoms with Gasteiger partial charge in [-0.05, 0) is 36.2 Å². The fraction of sp³-hybridized carbons (Fsp3) is 0.148. The van der Waals surface area contributed by atoms with Crippen LogP contribution in [0.1, 0.15) is 20.3 Å². The lowest BCUT2D eigenvalue weighted by atomic mass is 10.0. The topological polar surface area (TPSA) is 125 Å². The first-order chi connectivity index (χ1) is 18.0. The molecule has 9 nitrogen and oxygen atoms in total. The highest BCUT2D eigenvalue weighted by atomic mass is 19.1. The number of fused-ring (bicyclic) bond motifs is 2. The van der Waals surface area contributed by atoms with Gasteiger partial charge in [-0.25, -0.2) is 14.4 Å². The Bertz CT molecular complexity index is 1750. The van der Waals surface area contributed by atoms with Crippen molar-refractivity contribution in [1.82, 2.24) is 30.1 Å². The molecular weight excluding hydrogens is 473 g/mol. The van der Waals surface area contributed by atoms with Gasteiger partial charge >= 0.3 is 0 Å². The van der Waals surface area contributed by atoms with Gasteiger partial charge in [0.1, 0.15) is 11.5 Å². The van der Waals surface area contributed by atoms with Crippen LogP contribution in [-0.2, 0) is 4.79 Å². The van der Waals surface area contributed by atoms with Crippen LogP contribution >= 0.6 is 0 Å². The minimum absolute atomic E-state index is 0.115. The Kier molecular flexibility index (Phi) is 5.48. The molecule has 5 heterocycles. The molecule has 5 aromatic heterocycles. The maximum Gasteiger partial charge on any atom is 0.224 e. The molecule has 0 atom stereocenters. The van der Waals surface area contributed by atoms with Crippen molar-refractivity contribution in [1.29, 1.82) is 0 Å². The number of furan rings is 1. The molecule has 0 bridgehead atoms. The fourth-order valence-electron chi connectivity index (χ4n) is 4.39. The van der Waals surface area contributed by atoms with Crippen molar-refractivity contribution in [3.05, 3.63) is 67.3 Å². The van der Waals surface area contributed by atoms with Gasteiger partial charge in [0.25, 0.3) is 0 Å². The number of hydrogen-bond donors (Lipinski definition) is 3. The van der Waals surface area contributed by atoms with Crippen molar-refractivity contribution < 1.29 is 13.6 Å². The molecule has 0 spiro atoms. The van der Waals surface area contributed by atoms with Crippen molar-refractivity contribution in [2.75, 3.05) is 5.32 Å². The van der Waals surface area contributed by atoms with E-state index < -0.39 is 5.82 Å². The van der Waals surface area contributed by atoms with E-state index in [1.807, 2.05) is 26.0 Å². The van der Waals surface area contributed by atoms with E-state index in [0.29, 0.717) is 51.4 Å². The third-order valence-electron chi connectivity index (χ3n) is 6.04. The summed E-state index contributed by atoms with van der Waals surface area (Å²) in [6.45, 7) is 3.94. The second kappa shape index (κ2) is 8.98. The highest BCUT2D eigenvalue weighted by Gasteiger charge is 2.21.